The highest BCUT2D eigenvalue weighted by Gasteiger charge is 2.28. The lowest BCUT2D eigenvalue weighted by Gasteiger charge is -2.24. The molecular weight excluding hydrogens is 288 g/mol. The molecule has 1 heterocycles. The topological polar surface area (TPSA) is 80.5 Å². The molecule has 0 spiro atoms. The highest BCUT2D eigenvalue weighted by Crippen LogP contribution is 2.23. The molecule has 1 atom stereocenters. The van der Waals surface area contributed by atoms with Gasteiger partial charge in [0.2, 0.25) is 0 Å². The van der Waals surface area contributed by atoms with Gasteiger partial charge in [-0.25, -0.2) is 8.42 Å². The van der Waals surface area contributed by atoms with Crippen LogP contribution in [0.3, 0.4) is 0 Å². The fourth-order valence-corrected chi connectivity index (χ4v) is 3.40. The van der Waals surface area contributed by atoms with Gasteiger partial charge in [-0.05, 0) is 56.5 Å². The van der Waals surface area contributed by atoms with Crippen LogP contribution < -0.4 is 5.73 Å². The Balaban J connectivity index is 2.12. The molecule has 1 aliphatic heterocycles. The number of hydrogen-bond donors (Lipinski definition) is 1. The second-order valence-electron chi connectivity index (χ2n) is 5.52. The van der Waals surface area contributed by atoms with Gasteiger partial charge in [0.1, 0.15) is 0 Å². The second kappa shape index (κ2) is 6.58. The van der Waals surface area contributed by atoms with Gasteiger partial charge in [-0.2, -0.15) is 0 Å². The maximum absolute atomic E-state index is 12.5. The standard InChI is InChI=1S/C15H22N2O3S/c1-21(19,20)14-8-6-12(7-9-14)15(18)17-11-3-5-13(17)4-2-10-16/h6-9,13H,2-5,10-11,16H2,1H3. The number of amides is 1. The molecule has 6 heteroatoms. The van der Waals surface area contributed by atoms with Crippen molar-refractivity contribution in [2.45, 2.75) is 36.6 Å². The van der Waals surface area contributed by atoms with Gasteiger partial charge in [-0.1, -0.05) is 0 Å². The smallest absolute Gasteiger partial charge is 0.254 e. The van der Waals surface area contributed by atoms with Gasteiger partial charge in [0.25, 0.3) is 5.91 Å². The molecule has 2 N–H and O–H groups in total. The molecule has 1 amide bonds. The zero-order valence-corrected chi connectivity index (χ0v) is 13.1. The van der Waals surface area contributed by atoms with Crippen LogP contribution in [0, 0.1) is 0 Å². The van der Waals surface area contributed by atoms with Gasteiger partial charge >= 0.3 is 0 Å². The summed E-state index contributed by atoms with van der Waals surface area (Å²) in [5, 5.41) is 0. The molecule has 1 fully saturated rings. The van der Waals surface area contributed by atoms with Crippen LogP contribution in [-0.4, -0.2) is 44.6 Å². The monoisotopic (exact) mass is 310 g/mol. The lowest BCUT2D eigenvalue weighted by atomic mass is 10.1. The molecule has 0 bridgehead atoms. The Labute approximate surface area is 126 Å². The molecule has 0 aromatic heterocycles. The van der Waals surface area contributed by atoms with Crippen LogP contribution in [0.5, 0.6) is 0 Å². The number of nitrogens with two attached hydrogens (primary N) is 1. The molecular formula is C15H22N2O3S. The van der Waals surface area contributed by atoms with E-state index in [1.54, 1.807) is 12.1 Å². The molecule has 0 aliphatic carbocycles. The highest BCUT2D eigenvalue weighted by molar-refractivity contribution is 7.90. The summed E-state index contributed by atoms with van der Waals surface area (Å²) in [5.74, 6) is -0.0189. The summed E-state index contributed by atoms with van der Waals surface area (Å²) < 4.78 is 22.9. The van der Waals surface area contributed by atoms with Gasteiger partial charge in [0, 0.05) is 24.4 Å². The summed E-state index contributed by atoms with van der Waals surface area (Å²) in [6, 6.07) is 6.44. The maximum Gasteiger partial charge on any atom is 0.254 e. The van der Waals surface area contributed by atoms with Gasteiger partial charge in [0.15, 0.2) is 9.84 Å². The molecule has 0 saturated carbocycles. The number of benzene rings is 1. The molecule has 0 radical (unpaired) electrons. The fraction of sp³-hybridized carbons (Fsp3) is 0.533. The molecule has 116 valence electrons. The van der Waals surface area contributed by atoms with Crippen molar-refractivity contribution >= 4 is 15.7 Å². The third kappa shape index (κ3) is 3.83. The SMILES string of the molecule is CS(=O)(=O)c1ccc(C(=O)N2CCCC2CCCN)cc1. The Bertz CT molecular complexity index is 596. The van der Waals surface area contributed by atoms with E-state index in [0.717, 1.165) is 38.5 Å². The minimum absolute atomic E-state index is 0.0189. The molecule has 21 heavy (non-hydrogen) atoms. The van der Waals surface area contributed by atoms with Crippen molar-refractivity contribution in [3.8, 4) is 0 Å². The number of carbonyl (C=O) groups is 1. The van der Waals surface area contributed by atoms with Crippen LogP contribution in [0.4, 0.5) is 0 Å². The van der Waals surface area contributed by atoms with E-state index >= 15 is 0 Å². The Morgan fingerprint density at radius 3 is 2.57 bits per heavy atom. The van der Waals surface area contributed by atoms with Crippen molar-refractivity contribution in [2.75, 3.05) is 19.3 Å². The van der Waals surface area contributed by atoms with E-state index in [9.17, 15) is 13.2 Å². The van der Waals surface area contributed by atoms with E-state index < -0.39 is 9.84 Å². The van der Waals surface area contributed by atoms with Gasteiger partial charge in [-0.15, -0.1) is 0 Å². The van der Waals surface area contributed by atoms with E-state index in [4.69, 9.17) is 5.73 Å². The fourth-order valence-electron chi connectivity index (χ4n) is 2.77. The summed E-state index contributed by atoms with van der Waals surface area (Å²) in [5.41, 5.74) is 6.08. The first kappa shape index (κ1) is 16.0. The van der Waals surface area contributed by atoms with Crippen molar-refractivity contribution in [3.05, 3.63) is 29.8 Å². The van der Waals surface area contributed by atoms with Gasteiger partial charge in [-0.3, -0.25) is 4.79 Å². The summed E-state index contributed by atoms with van der Waals surface area (Å²) in [6.45, 7) is 1.41. The zero-order chi connectivity index (χ0) is 15.5. The first-order chi connectivity index (χ1) is 9.93. The Morgan fingerprint density at radius 2 is 2.00 bits per heavy atom. The van der Waals surface area contributed by atoms with Crippen molar-refractivity contribution in [1.29, 1.82) is 0 Å². The normalized spacial score (nSPS) is 19.0. The average Bonchev–Trinajstić information content (AvgIpc) is 2.92. The lowest BCUT2D eigenvalue weighted by Crippen LogP contribution is -2.35. The summed E-state index contributed by atoms with van der Waals surface area (Å²) in [4.78, 5) is 14.7. The minimum Gasteiger partial charge on any atom is -0.336 e. The molecule has 2 rings (SSSR count). The van der Waals surface area contributed by atoms with Crippen molar-refractivity contribution < 1.29 is 13.2 Å². The quantitative estimate of drug-likeness (QED) is 0.892. The number of nitrogens with zero attached hydrogens (tertiary/aromatic N) is 1. The van der Waals surface area contributed by atoms with Crippen molar-refractivity contribution in [1.82, 2.24) is 4.90 Å². The van der Waals surface area contributed by atoms with E-state index in [-0.39, 0.29) is 16.8 Å². The van der Waals surface area contributed by atoms with E-state index in [1.165, 1.54) is 12.1 Å². The summed E-state index contributed by atoms with van der Waals surface area (Å²) >= 11 is 0. The first-order valence-electron chi connectivity index (χ1n) is 7.24. The number of likely N-dealkylation sites (tertiary alicyclic amines) is 1. The predicted molar refractivity (Wildman–Crippen MR) is 81.9 cm³/mol. The number of carbonyl (C=O) groups excluding carboxylic acids is 1. The zero-order valence-electron chi connectivity index (χ0n) is 12.3. The van der Waals surface area contributed by atoms with Crippen LogP contribution in [0.15, 0.2) is 29.2 Å². The van der Waals surface area contributed by atoms with Crippen LogP contribution >= 0.6 is 0 Å². The maximum atomic E-state index is 12.5. The van der Waals surface area contributed by atoms with E-state index in [2.05, 4.69) is 0 Å². The molecule has 1 saturated heterocycles. The Morgan fingerprint density at radius 1 is 1.33 bits per heavy atom. The van der Waals surface area contributed by atoms with Gasteiger partial charge < -0.3 is 10.6 Å². The Kier molecular flexibility index (Phi) is 5.00. The molecule has 5 nitrogen and oxygen atoms in total. The lowest BCUT2D eigenvalue weighted by molar-refractivity contribution is 0.0729. The average molecular weight is 310 g/mol. The second-order valence-corrected chi connectivity index (χ2v) is 7.54. The van der Waals surface area contributed by atoms with Crippen LogP contribution in [0.2, 0.25) is 0 Å². The van der Waals surface area contributed by atoms with Crippen LogP contribution in [0.1, 0.15) is 36.0 Å². The van der Waals surface area contributed by atoms with Crippen LogP contribution in [0.25, 0.3) is 0 Å². The van der Waals surface area contributed by atoms with Crippen molar-refractivity contribution in [2.24, 2.45) is 5.73 Å². The predicted octanol–water partition coefficient (Wildman–Crippen LogP) is 1.43. The minimum atomic E-state index is -3.23. The Hall–Kier alpha value is -1.40. The number of rotatable bonds is 5. The first-order valence-corrected chi connectivity index (χ1v) is 9.14. The third-order valence-electron chi connectivity index (χ3n) is 3.91. The molecule has 1 aromatic carbocycles. The summed E-state index contributed by atoms with van der Waals surface area (Å²) in [7, 11) is -3.23. The largest absolute Gasteiger partial charge is 0.336 e. The number of sulfone groups is 1. The third-order valence-corrected chi connectivity index (χ3v) is 5.04. The van der Waals surface area contributed by atoms with Crippen molar-refractivity contribution in [3.63, 3.8) is 0 Å². The number of hydrogen-bond acceptors (Lipinski definition) is 4. The van der Waals surface area contributed by atoms with Crippen LogP contribution in [-0.2, 0) is 9.84 Å². The van der Waals surface area contributed by atoms with E-state index in [1.807, 2.05) is 4.90 Å². The molecule has 1 aliphatic rings. The molecule has 1 aromatic rings. The van der Waals surface area contributed by atoms with E-state index in [0.29, 0.717) is 12.1 Å². The summed E-state index contributed by atoms with van der Waals surface area (Å²) in [6.07, 6.45) is 5.05. The van der Waals surface area contributed by atoms with Gasteiger partial charge in [0.05, 0.1) is 4.90 Å². The molecule has 1 unspecified atom stereocenters. The highest BCUT2D eigenvalue weighted by atomic mass is 32.2.